The molecular formula is C18H18ClN3O2. The highest BCUT2D eigenvalue weighted by molar-refractivity contribution is 6.31. The highest BCUT2D eigenvalue weighted by Crippen LogP contribution is 2.31. The summed E-state index contributed by atoms with van der Waals surface area (Å²) < 4.78 is 7.20. The van der Waals surface area contributed by atoms with Gasteiger partial charge >= 0.3 is 0 Å². The van der Waals surface area contributed by atoms with E-state index in [9.17, 15) is 4.79 Å². The third kappa shape index (κ3) is 3.21. The number of hydrogen-bond donors (Lipinski definition) is 1. The summed E-state index contributed by atoms with van der Waals surface area (Å²) in [6.45, 7) is 3.87. The van der Waals surface area contributed by atoms with Crippen molar-refractivity contribution in [2.45, 2.75) is 20.3 Å². The Morgan fingerprint density at radius 2 is 2.12 bits per heavy atom. The predicted molar refractivity (Wildman–Crippen MR) is 95.0 cm³/mol. The molecule has 0 aliphatic rings. The van der Waals surface area contributed by atoms with Crippen molar-refractivity contribution in [1.29, 1.82) is 0 Å². The lowest BCUT2D eigenvalue weighted by Gasteiger charge is -2.11. The summed E-state index contributed by atoms with van der Waals surface area (Å²) in [5.74, 6) is 0.376. The molecule has 1 N–H and O–H groups in total. The van der Waals surface area contributed by atoms with Crippen LogP contribution >= 0.6 is 11.6 Å². The van der Waals surface area contributed by atoms with Crippen molar-refractivity contribution in [2.75, 3.05) is 12.4 Å². The number of halogens is 1. The number of methoxy groups -OCH3 is 1. The number of fused-ring (bicyclic) bond motifs is 1. The molecule has 2 aromatic heterocycles. The summed E-state index contributed by atoms with van der Waals surface area (Å²) in [6, 6.07) is 7.44. The molecule has 1 aromatic carbocycles. The Morgan fingerprint density at radius 1 is 1.33 bits per heavy atom. The van der Waals surface area contributed by atoms with Crippen LogP contribution in [-0.4, -0.2) is 22.4 Å². The van der Waals surface area contributed by atoms with E-state index in [-0.39, 0.29) is 12.3 Å². The molecule has 0 unspecified atom stereocenters. The van der Waals surface area contributed by atoms with Gasteiger partial charge in [0.15, 0.2) is 0 Å². The van der Waals surface area contributed by atoms with E-state index in [0.717, 1.165) is 16.8 Å². The molecule has 0 radical (unpaired) electrons. The van der Waals surface area contributed by atoms with Gasteiger partial charge in [-0.05, 0) is 37.1 Å². The molecule has 0 aliphatic heterocycles. The van der Waals surface area contributed by atoms with E-state index in [1.165, 1.54) is 0 Å². The predicted octanol–water partition coefficient (Wildman–Crippen LogP) is 3.79. The van der Waals surface area contributed by atoms with Crippen LogP contribution in [0.25, 0.3) is 5.65 Å². The maximum atomic E-state index is 12.4. The minimum absolute atomic E-state index is 0.156. The van der Waals surface area contributed by atoms with Crippen LogP contribution < -0.4 is 10.1 Å². The maximum Gasteiger partial charge on any atom is 0.230 e. The molecule has 1 amide bonds. The van der Waals surface area contributed by atoms with Gasteiger partial charge in [-0.2, -0.15) is 0 Å². The third-order valence-electron chi connectivity index (χ3n) is 3.82. The van der Waals surface area contributed by atoms with Crippen molar-refractivity contribution in [2.24, 2.45) is 0 Å². The number of aromatic nitrogens is 2. The number of carbonyl (C=O) groups is 1. The zero-order chi connectivity index (χ0) is 17.3. The van der Waals surface area contributed by atoms with Crippen LogP contribution in [0, 0.1) is 13.8 Å². The Balaban J connectivity index is 1.80. The second kappa shape index (κ2) is 6.53. The third-order valence-corrected chi connectivity index (χ3v) is 4.23. The summed E-state index contributed by atoms with van der Waals surface area (Å²) in [6.07, 6.45) is 3.97. The number of aryl methyl sites for hydroxylation is 2. The molecule has 5 nitrogen and oxygen atoms in total. The van der Waals surface area contributed by atoms with Gasteiger partial charge in [0.25, 0.3) is 0 Å². The number of nitrogens with one attached hydrogen (secondary N) is 1. The molecule has 2 heterocycles. The summed E-state index contributed by atoms with van der Waals surface area (Å²) in [5, 5.41) is 3.46. The number of anilines is 1. The number of ether oxygens (including phenoxy) is 1. The first-order chi connectivity index (χ1) is 11.5. The first kappa shape index (κ1) is 16.3. The second-order valence-corrected chi connectivity index (χ2v) is 6.09. The fraction of sp³-hybridized carbons (Fsp3) is 0.222. The van der Waals surface area contributed by atoms with Gasteiger partial charge in [-0.15, -0.1) is 0 Å². The second-order valence-electron chi connectivity index (χ2n) is 5.68. The Kier molecular flexibility index (Phi) is 4.44. The number of rotatable bonds is 4. The molecule has 3 aromatic rings. The lowest BCUT2D eigenvalue weighted by molar-refractivity contribution is -0.115. The quantitative estimate of drug-likeness (QED) is 0.784. The summed E-state index contributed by atoms with van der Waals surface area (Å²) >= 11 is 6.09. The Hall–Kier alpha value is -2.53. The van der Waals surface area contributed by atoms with E-state index in [0.29, 0.717) is 22.2 Å². The van der Waals surface area contributed by atoms with Crippen LogP contribution in [0.15, 0.2) is 36.7 Å². The molecule has 0 fully saturated rings. The van der Waals surface area contributed by atoms with Crippen LogP contribution in [0.1, 0.15) is 16.8 Å². The molecule has 124 valence electrons. The van der Waals surface area contributed by atoms with Crippen molar-refractivity contribution in [3.05, 3.63) is 58.5 Å². The lowest BCUT2D eigenvalue weighted by atomic mass is 10.2. The first-order valence-corrected chi connectivity index (χ1v) is 7.93. The summed E-state index contributed by atoms with van der Waals surface area (Å²) in [5.41, 5.74) is 4.12. The highest BCUT2D eigenvalue weighted by Gasteiger charge is 2.13. The zero-order valence-electron chi connectivity index (χ0n) is 13.8. The zero-order valence-corrected chi connectivity index (χ0v) is 14.5. The molecular weight excluding hydrogens is 326 g/mol. The molecule has 0 aliphatic carbocycles. The average Bonchev–Trinajstić information content (AvgIpc) is 2.94. The topological polar surface area (TPSA) is 55.6 Å². The maximum absolute atomic E-state index is 12.4. The van der Waals surface area contributed by atoms with E-state index in [1.54, 1.807) is 19.2 Å². The molecule has 0 atom stereocenters. The van der Waals surface area contributed by atoms with Crippen molar-refractivity contribution < 1.29 is 9.53 Å². The summed E-state index contributed by atoms with van der Waals surface area (Å²) in [7, 11) is 1.54. The molecule has 3 rings (SSSR count). The van der Waals surface area contributed by atoms with E-state index in [1.807, 2.05) is 42.8 Å². The van der Waals surface area contributed by atoms with E-state index in [4.69, 9.17) is 16.3 Å². The van der Waals surface area contributed by atoms with Crippen molar-refractivity contribution in [3.8, 4) is 5.75 Å². The van der Waals surface area contributed by atoms with Crippen LogP contribution in [0.4, 0.5) is 5.69 Å². The average molecular weight is 344 g/mol. The molecule has 0 saturated carbocycles. The Morgan fingerprint density at radius 3 is 2.83 bits per heavy atom. The monoisotopic (exact) mass is 343 g/mol. The smallest absolute Gasteiger partial charge is 0.230 e. The van der Waals surface area contributed by atoms with E-state index in [2.05, 4.69) is 10.3 Å². The molecule has 6 heteroatoms. The van der Waals surface area contributed by atoms with E-state index < -0.39 is 0 Å². The molecule has 24 heavy (non-hydrogen) atoms. The highest BCUT2D eigenvalue weighted by atomic mass is 35.5. The fourth-order valence-electron chi connectivity index (χ4n) is 2.58. The van der Waals surface area contributed by atoms with Crippen LogP contribution in [0.2, 0.25) is 5.02 Å². The van der Waals surface area contributed by atoms with Crippen molar-refractivity contribution >= 4 is 28.8 Å². The number of pyridine rings is 1. The van der Waals surface area contributed by atoms with Gasteiger partial charge in [0, 0.05) is 23.5 Å². The first-order valence-electron chi connectivity index (χ1n) is 7.55. The van der Waals surface area contributed by atoms with E-state index >= 15 is 0 Å². The van der Waals surface area contributed by atoms with Crippen molar-refractivity contribution in [1.82, 2.24) is 9.38 Å². The number of imidazole rings is 1. The number of carbonyl (C=O) groups excluding carboxylic acids is 1. The van der Waals surface area contributed by atoms with Gasteiger partial charge in [-0.25, -0.2) is 4.98 Å². The van der Waals surface area contributed by atoms with Crippen LogP contribution in [0.3, 0.4) is 0 Å². The van der Waals surface area contributed by atoms with Gasteiger partial charge in [-0.1, -0.05) is 17.7 Å². The number of amides is 1. The molecule has 0 spiro atoms. The number of hydrogen-bond acceptors (Lipinski definition) is 3. The summed E-state index contributed by atoms with van der Waals surface area (Å²) in [4.78, 5) is 16.9. The van der Waals surface area contributed by atoms with Crippen LogP contribution in [0.5, 0.6) is 5.75 Å². The normalized spacial score (nSPS) is 10.8. The van der Waals surface area contributed by atoms with Gasteiger partial charge < -0.3 is 14.5 Å². The lowest BCUT2D eigenvalue weighted by Crippen LogP contribution is -2.15. The molecule has 0 saturated heterocycles. The number of benzene rings is 1. The van der Waals surface area contributed by atoms with Crippen LogP contribution in [-0.2, 0) is 11.2 Å². The Labute approximate surface area is 145 Å². The standard InChI is InChI=1S/C18H18ClN3O2/c1-11-5-4-6-22-10-13(20-18(11)22)8-17(23)21-15-7-12(2)14(19)9-16(15)24-3/h4-7,9-10H,8H2,1-3H3,(H,21,23). The van der Waals surface area contributed by atoms with Gasteiger partial charge in [0.05, 0.1) is 24.9 Å². The minimum atomic E-state index is -0.156. The SMILES string of the molecule is COc1cc(Cl)c(C)cc1NC(=O)Cc1cn2cccc(C)c2n1. The van der Waals surface area contributed by atoms with Gasteiger partial charge in [0.2, 0.25) is 5.91 Å². The number of nitrogens with zero attached hydrogens (tertiary/aromatic N) is 2. The minimum Gasteiger partial charge on any atom is -0.495 e. The van der Waals surface area contributed by atoms with Crippen molar-refractivity contribution in [3.63, 3.8) is 0 Å². The Bertz CT molecular complexity index is 918. The fourth-order valence-corrected chi connectivity index (χ4v) is 2.73. The van der Waals surface area contributed by atoms with Gasteiger partial charge in [-0.3, -0.25) is 4.79 Å². The van der Waals surface area contributed by atoms with Gasteiger partial charge in [0.1, 0.15) is 11.4 Å². The molecule has 0 bridgehead atoms. The largest absolute Gasteiger partial charge is 0.495 e.